The molecule has 11 heteroatoms. The molecule has 0 aliphatic carbocycles. The van der Waals surface area contributed by atoms with Gasteiger partial charge in [-0.05, 0) is 19.3 Å². The average molecular weight is 381 g/mol. The molecule has 0 saturated carbocycles. The Morgan fingerprint density at radius 1 is 1.28 bits per heavy atom. The van der Waals surface area contributed by atoms with Crippen molar-refractivity contribution in [2.24, 2.45) is 5.73 Å². The van der Waals surface area contributed by atoms with E-state index >= 15 is 0 Å². The van der Waals surface area contributed by atoms with Gasteiger partial charge in [0.2, 0.25) is 0 Å². The molecule has 9 N–H and O–H groups in total. The summed E-state index contributed by atoms with van der Waals surface area (Å²) < 4.78 is 5.33. The van der Waals surface area contributed by atoms with Crippen molar-refractivity contribution in [1.29, 1.82) is 5.41 Å². The standard InChI is InChI=1S/C14H32N4O6Si/c15-14(16)17-4-1-3-12(13(22)23)18-7-11(21)8-24-5-2-6-25(9-19)10-20/h11-12,18-21,25H,1-10H2,(H,22,23)(H4,15,16,17)/t11?,12-/m0/s1. The summed E-state index contributed by atoms with van der Waals surface area (Å²) in [6, 6.07) is -0.0132. The van der Waals surface area contributed by atoms with E-state index in [1.54, 1.807) is 0 Å². The van der Waals surface area contributed by atoms with Gasteiger partial charge in [0.1, 0.15) is 6.04 Å². The Morgan fingerprint density at radius 3 is 2.52 bits per heavy atom. The van der Waals surface area contributed by atoms with Crippen molar-refractivity contribution in [2.75, 3.05) is 38.8 Å². The maximum atomic E-state index is 11.2. The van der Waals surface area contributed by atoms with Gasteiger partial charge in [0.15, 0.2) is 5.96 Å². The van der Waals surface area contributed by atoms with Gasteiger partial charge in [-0.15, -0.1) is 0 Å². The predicted molar refractivity (Wildman–Crippen MR) is 96.1 cm³/mol. The molecule has 0 aliphatic rings. The van der Waals surface area contributed by atoms with Gasteiger partial charge in [0.05, 0.1) is 21.5 Å². The first-order valence-electron chi connectivity index (χ1n) is 8.42. The Bertz CT molecular complexity index is 373. The summed E-state index contributed by atoms with van der Waals surface area (Å²) in [4.78, 5) is 11.2. The Labute approximate surface area is 149 Å². The number of hydrogen-bond donors (Lipinski definition) is 8. The second kappa shape index (κ2) is 15.0. The molecule has 0 amide bonds. The lowest BCUT2D eigenvalue weighted by atomic mass is 10.1. The van der Waals surface area contributed by atoms with Crippen molar-refractivity contribution >= 4 is 20.7 Å². The van der Waals surface area contributed by atoms with E-state index in [4.69, 9.17) is 31.2 Å². The van der Waals surface area contributed by atoms with Crippen molar-refractivity contribution in [1.82, 2.24) is 10.6 Å². The number of ether oxygens (including phenoxy) is 1. The molecule has 0 spiro atoms. The van der Waals surface area contributed by atoms with Crippen LogP contribution >= 0.6 is 0 Å². The molecule has 0 aromatic carbocycles. The first-order chi connectivity index (χ1) is 11.9. The molecule has 0 rings (SSSR count). The van der Waals surface area contributed by atoms with Gasteiger partial charge < -0.3 is 41.5 Å². The summed E-state index contributed by atoms with van der Waals surface area (Å²) in [6.07, 6.45) is 0.914. The minimum absolute atomic E-state index is 0.0710. The summed E-state index contributed by atoms with van der Waals surface area (Å²) >= 11 is 0. The number of carbonyl (C=O) groups is 1. The van der Waals surface area contributed by atoms with Crippen LogP contribution in [0.3, 0.4) is 0 Å². The number of rotatable bonds is 16. The number of carboxylic acid groups (broad SMARTS) is 1. The van der Waals surface area contributed by atoms with Crippen molar-refractivity contribution < 1.29 is 30.0 Å². The summed E-state index contributed by atoms with van der Waals surface area (Å²) in [5.41, 5.74) is 5.14. The molecule has 0 heterocycles. The molecule has 148 valence electrons. The molecule has 0 bridgehead atoms. The maximum Gasteiger partial charge on any atom is 0.320 e. The van der Waals surface area contributed by atoms with E-state index in [1.807, 2.05) is 0 Å². The summed E-state index contributed by atoms with van der Waals surface area (Å²) in [7, 11) is -1.45. The molecular formula is C14H32N4O6Si. The van der Waals surface area contributed by atoms with Gasteiger partial charge in [-0.3, -0.25) is 10.2 Å². The number of aliphatic carboxylic acids is 1. The first-order valence-corrected chi connectivity index (χ1v) is 10.9. The van der Waals surface area contributed by atoms with Crippen LogP contribution in [0.1, 0.15) is 19.3 Å². The van der Waals surface area contributed by atoms with Gasteiger partial charge in [0, 0.05) is 32.2 Å². The van der Waals surface area contributed by atoms with Crippen LogP contribution in [-0.2, 0) is 9.53 Å². The van der Waals surface area contributed by atoms with Gasteiger partial charge in [-0.1, -0.05) is 6.04 Å². The van der Waals surface area contributed by atoms with Gasteiger partial charge in [-0.25, -0.2) is 0 Å². The van der Waals surface area contributed by atoms with Gasteiger partial charge in [0.25, 0.3) is 0 Å². The third kappa shape index (κ3) is 13.7. The van der Waals surface area contributed by atoms with E-state index in [9.17, 15) is 9.90 Å². The number of nitrogens with one attached hydrogen (secondary N) is 3. The minimum Gasteiger partial charge on any atom is -0.480 e. The number of nitrogens with two attached hydrogens (primary N) is 1. The normalized spacial score (nSPS) is 13.6. The zero-order valence-electron chi connectivity index (χ0n) is 14.5. The van der Waals surface area contributed by atoms with E-state index < -0.39 is 26.9 Å². The van der Waals surface area contributed by atoms with Crippen molar-refractivity contribution in [2.45, 2.75) is 37.5 Å². The number of guanidine groups is 1. The number of hydrogen-bond acceptors (Lipinski definition) is 7. The molecule has 2 atom stereocenters. The molecule has 0 radical (unpaired) electrons. The Balaban J connectivity index is 3.82. The van der Waals surface area contributed by atoms with E-state index in [2.05, 4.69) is 10.6 Å². The second-order valence-electron chi connectivity index (χ2n) is 5.88. The smallest absolute Gasteiger partial charge is 0.320 e. The van der Waals surface area contributed by atoms with Crippen molar-refractivity contribution in [3.05, 3.63) is 0 Å². The Hall–Kier alpha value is -1.24. The highest BCUT2D eigenvalue weighted by atomic mass is 28.3. The fraction of sp³-hybridized carbons (Fsp3) is 0.857. The van der Waals surface area contributed by atoms with Crippen LogP contribution in [0, 0.1) is 5.41 Å². The highest BCUT2D eigenvalue weighted by molar-refractivity contribution is 6.58. The summed E-state index contributed by atoms with van der Waals surface area (Å²) in [5, 5.41) is 49.3. The van der Waals surface area contributed by atoms with Crippen molar-refractivity contribution in [3.8, 4) is 0 Å². The third-order valence-electron chi connectivity index (χ3n) is 3.61. The molecule has 0 aliphatic heterocycles. The van der Waals surface area contributed by atoms with Crippen LogP contribution in [0.2, 0.25) is 6.04 Å². The largest absolute Gasteiger partial charge is 0.480 e. The number of aliphatic hydroxyl groups excluding tert-OH is 3. The summed E-state index contributed by atoms with van der Waals surface area (Å²) in [5.74, 6) is -1.15. The Morgan fingerprint density at radius 2 is 1.96 bits per heavy atom. The predicted octanol–water partition coefficient (Wildman–Crippen LogP) is -2.65. The van der Waals surface area contributed by atoms with Crippen LogP contribution in [0.4, 0.5) is 0 Å². The monoisotopic (exact) mass is 380 g/mol. The van der Waals surface area contributed by atoms with Crippen LogP contribution in [0.15, 0.2) is 0 Å². The zero-order valence-corrected chi connectivity index (χ0v) is 15.6. The summed E-state index contributed by atoms with van der Waals surface area (Å²) in [6.45, 7) is 1.04. The molecule has 0 saturated heterocycles. The zero-order chi connectivity index (χ0) is 19.1. The topological polar surface area (TPSA) is 181 Å². The van der Waals surface area contributed by atoms with Crippen LogP contribution in [0.25, 0.3) is 0 Å². The Kier molecular flexibility index (Phi) is 14.3. The molecule has 0 aromatic heterocycles. The SMILES string of the molecule is N=C(N)NCCC[C@H](NCC(O)COCCC[SiH](CO)CO)C(=O)O. The van der Waals surface area contributed by atoms with E-state index in [1.165, 1.54) is 0 Å². The van der Waals surface area contributed by atoms with Gasteiger partial charge >= 0.3 is 5.97 Å². The lowest BCUT2D eigenvalue weighted by molar-refractivity contribution is -0.139. The van der Waals surface area contributed by atoms with Gasteiger partial charge in [-0.2, -0.15) is 0 Å². The fourth-order valence-electron chi connectivity index (χ4n) is 2.11. The van der Waals surface area contributed by atoms with Crippen LogP contribution < -0.4 is 16.4 Å². The average Bonchev–Trinajstić information content (AvgIpc) is 2.56. The highest BCUT2D eigenvalue weighted by Crippen LogP contribution is 2.00. The lowest BCUT2D eigenvalue weighted by Crippen LogP contribution is -2.42. The van der Waals surface area contributed by atoms with Crippen LogP contribution in [-0.4, -0.2) is 92.1 Å². The second-order valence-corrected chi connectivity index (χ2v) is 8.92. The molecule has 0 fully saturated rings. The molecule has 1 unspecified atom stereocenters. The van der Waals surface area contributed by atoms with E-state index in [0.717, 1.165) is 12.5 Å². The maximum absolute atomic E-state index is 11.2. The first kappa shape index (κ1) is 23.8. The number of carboxylic acids is 1. The molecule has 0 aromatic rings. The number of aliphatic hydroxyl groups is 3. The van der Waals surface area contributed by atoms with E-state index in [0.29, 0.717) is 26.0 Å². The lowest BCUT2D eigenvalue weighted by Gasteiger charge is -2.18. The van der Waals surface area contributed by atoms with E-state index in [-0.39, 0.29) is 31.6 Å². The third-order valence-corrected chi connectivity index (χ3v) is 5.87. The molecule has 10 nitrogen and oxygen atoms in total. The fourth-order valence-corrected chi connectivity index (χ4v) is 3.34. The quantitative estimate of drug-likeness (QED) is 0.0613. The molecule has 25 heavy (non-hydrogen) atoms. The minimum atomic E-state index is -1.45. The highest BCUT2D eigenvalue weighted by Gasteiger charge is 2.18. The van der Waals surface area contributed by atoms with Crippen molar-refractivity contribution in [3.63, 3.8) is 0 Å². The molecular weight excluding hydrogens is 348 g/mol. The van der Waals surface area contributed by atoms with Crippen LogP contribution in [0.5, 0.6) is 0 Å².